The summed E-state index contributed by atoms with van der Waals surface area (Å²) in [5, 5.41) is 4.75. The van der Waals surface area contributed by atoms with Gasteiger partial charge in [-0.2, -0.15) is 11.8 Å². The van der Waals surface area contributed by atoms with E-state index in [2.05, 4.69) is 31.1 Å². The molecule has 1 unspecified atom stereocenters. The molecule has 18 heavy (non-hydrogen) atoms. The summed E-state index contributed by atoms with van der Waals surface area (Å²) in [6, 6.07) is 2.13. The normalized spacial score (nSPS) is 12.9. The van der Waals surface area contributed by atoms with Crippen molar-refractivity contribution >= 4 is 29.2 Å². The first kappa shape index (κ1) is 15.6. The highest BCUT2D eigenvalue weighted by atomic mass is 35.5. The highest BCUT2D eigenvalue weighted by Gasteiger charge is 2.15. The van der Waals surface area contributed by atoms with Gasteiger partial charge in [0.2, 0.25) is 0 Å². The second kappa shape index (κ2) is 7.87. The Labute approximate surface area is 119 Å². The summed E-state index contributed by atoms with van der Waals surface area (Å²) in [5.41, 5.74) is 6.95. The van der Waals surface area contributed by atoms with Crippen molar-refractivity contribution in [2.45, 2.75) is 38.5 Å². The van der Waals surface area contributed by atoms with Gasteiger partial charge in [0.05, 0.1) is 5.02 Å². The summed E-state index contributed by atoms with van der Waals surface area (Å²) >= 11 is 7.92. The van der Waals surface area contributed by atoms with Crippen molar-refractivity contribution < 1.29 is 0 Å². The summed E-state index contributed by atoms with van der Waals surface area (Å²) in [6.07, 6.45) is 2.68. The average molecular weight is 288 g/mol. The Hall–Kier alpha value is -0.450. The highest BCUT2D eigenvalue weighted by molar-refractivity contribution is 7.99. The first-order chi connectivity index (χ1) is 8.54. The number of pyridine rings is 1. The first-order valence-electron chi connectivity index (χ1n) is 6.30. The smallest absolute Gasteiger partial charge is 0.128 e. The van der Waals surface area contributed by atoms with Gasteiger partial charge in [0, 0.05) is 23.6 Å². The Morgan fingerprint density at radius 2 is 2.22 bits per heavy atom. The fourth-order valence-corrected chi connectivity index (χ4v) is 2.65. The molecule has 1 rings (SSSR count). The standard InChI is InChI=1S/C13H22ClN3S/c1-4-5-16-12(8-18-9(2)3)11-6-10(14)7-17-13(11)15/h6-7,9,12,16H,4-5,8H2,1-3H3,(H2,15,17). The molecule has 0 bridgehead atoms. The monoisotopic (exact) mass is 287 g/mol. The number of nitrogens with zero attached hydrogens (tertiary/aromatic N) is 1. The largest absolute Gasteiger partial charge is 0.383 e. The number of nitrogens with one attached hydrogen (secondary N) is 1. The van der Waals surface area contributed by atoms with Gasteiger partial charge in [-0.05, 0) is 24.3 Å². The van der Waals surface area contributed by atoms with E-state index in [1.165, 1.54) is 0 Å². The van der Waals surface area contributed by atoms with E-state index in [0.717, 1.165) is 24.3 Å². The molecular weight excluding hydrogens is 266 g/mol. The van der Waals surface area contributed by atoms with Crippen LogP contribution in [0.2, 0.25) is 5.02 Å². The number of hydrogen-bond donors (Lipinski definition) is 2. The van der Waals surface area contributed by atoms with Crippen LogP contribution in [0.1, 0.15) is 38.8 Å². The number of nitrogens with two attached hydrogens (primary N) is 1. The van der Waals surface area contributed by atoms with Crippen LogP contribution in [0.4, 0.5) is 5.82 Å². The molecule has 0 amide bonds. The van der Waals surface area contributed by atoms with E-state index in [1.807, 2.05) is 17.8 Å². The van der Waals surface area contributed by atoms with Crippen LogP contribution in [0.3, 0.4) is 0 Å². The van der Waals surface area contributed by atoms with Crippen molar-refractivity contribution in [3.63, 3.8) is 0 Å². The summed E-state index contributed by atoms with van der Waals surface area (Å²) in [4.78, 5) is 4.13. The Kier molecular flexibility index (Phi) is 6.82. The van der Waals surface area contributed by atoms with Gasteiger partial charge < -0.3 is 11.1 Å². The molecule has 0 aliphatic heterocycles. The number of aromatic nitrogens is 1. The van der Waals surface area contributed by atoms with Crippen LogP contribution in [0, 0.1) is 0 Å². The molecule has 0 radical (unpaired) electrons. The van der Waals surface area contributed by atoms with E-state index in [-0.39, 0.29) is 6.04 Å². The molecule has 1 heterocycles. The Morgan fingerprint density at radius 3 is 2.83 bits per heavy atom. The van der Waals surface area contributed by atoms with Gasteiger partial charge in [-0.1, -0.05) is 32.4 Å². The molecule has 0 saturated carbocycles. The third-order valence-electron chi connectivity index (χ3n) is 2.53. The molecule has 0 aliphatic carbocycles. The molecular formula is C13H22ClN3S. The number of anilines is 1. The third kappa shape index (κ3) is 5.04. The maximum atomic E-state index is 6.01. The SMILES string of the molecule is CCCNC(CSC(C)C)c1cc(Cl)cnc1N. The lowest BCUT2D eigenvalue weighted by molar-refractivity contribution is 0.577. The maximum absolute atomic E-state index is 6.01. The van der Waals surface area contributed by atoms with Gasteiger partial charge in [-0.15, -0.1) is 0 Å². The molecule has 0 saturated heterocycles. The molecule has 1 atom stereocenters. The summed E-state index contributed by atoms with van der Waals surface area (Å²) in [6.45, 7) is 7.51. The summed E-state index contributed by atoms with van der Waals surface area (Å²) < 4.78 is 0. The molecule has 0 fully saturated rings. The van der Waals surface area contributed by atoms with Crippen LogP contribution in [-0.4, -0.2) is 22.5 Å². The fraction of sp³-hybridized carbons (Fsp3) is 0.615. The lowest BCUT2D eigenvalue weighted by atomic mass is 10.1. The quantitative estimate of drug-likeness (QED) is 0.806. The van der Waals surface area contributed by atoms with E-state index < -0.39 is 0 Å². The van der Waals surface area contributed by atoms with Crippen molar-refractivity contribution in [1.82, 2.24) is 10.3 Å². The van der Waals surface area contributed by atoms with Crippen LogP contribution >= 0.6 is 23.4 Å². The van der Waals surface area contributed by atoms with Gasteiger partial charge in [0.25, 0.3) is 0 Å². The Morgan fingerprint density at radius 1 is 1.50 bits per heavy atom. The lowest BCUT2D eigenvalue weighted by Crippen LogP contribution is -2.25. The minimum absolute atomic E-state index is 0.212. The lowest BCUT2D eigenvalue weighted by Gasteiger charge is -2.21. The number of hydrogen-bond acceptors (Lipinski definition) is 4. The topological polar surface area (TPSA) is 50.9 Å². The van der Waals surface area contributed by atoms with E-state index in [9.17, 15) is 0 Å². The Bertz CT molecular complexity index is 371. The van der Waals surface area contributed by atoms with Crippen molar-refractivity contribution in [2.24, 2.45) is 0 Å². The molecule has 1 aromatic rings. The molecule has 0 spiro atoms. The van der Waals surface area contributed by atoms with E-state index in [0.29, 0.717) is 16.1 Å². The van der Waals surface area contributed by atoms with Crippen LogP contribution in [0.25, 0.3) is 0 Å². The highest BCUT2D eigenvalue weighted by Crippen LogP contribution is 2.26. The van der Waals surface area contributed by atoms with Crippen LogP contribution in [0.5, 0.6) is 0 Å². The van der Waals surface area contributed by atoms with Crippen molar-refractivity contribution in [3.05, 3.63) is 22.8 Å². The first-order valence-corrected chi connectivity index (χ1v) is 7.73. The van der Waals surface area contributed by atoms with E-state index in [4.69, 9.17) is 17.3 Å². The number of rotatable bonds is 7. The zero-order valence-electron chi connectivity index (χ0n) is 11.2. The third-order valence-corrected chi connectivity index (χ3v) is 3.93. The minimum Gasteiger partial charge on any atom is -0.383 e. The van der Waals surface area contributed by atoms with Crippen molar-refractivity contribution in [2.75, 3.05) is 18.0 Å². The van der Waals surface area contributed by atoms with Gasteiger partial charge in [-0.3, -0.25) is 0 Å². The number of thioether (sulfide) groups is 1. The number of halogens is 1. The number of nitrogen functional groups attached to an aromatic ring is 1. The second-order valence-corrected chi connectivity index (χ2v) is 6.56. The van der Waals surface area contributed by atoms with Crippen molar-refractivity contribution in [3.8, 4) is 0 Å². The van der Waals surface area contributed by atoms with Gasteiger partial charge in [0.15, 0.2) is 0 Å². The maximum Gasteiger partial charge on any atom is 0.128 e. The molecule has 102 valence electrons. The summed E-state index contributed by atoms with van der Waals surface area (Å²) in [5.74, 6) is 1.54. The van der Waals surface area contributed by atoms with Crippen LogP contribution in [-0.2, 0) is 0 Å². The predicted octanol–water partition coefficient (Wildman–Crippen LogP) is 3.50. The van der Waals surface area contributed by atoms with Crippen LogP contribution < -0.4 is 11.1 Å². The molecule has 3 nitrogen and oxygen atoms in total. The van der Waals surface area contributed by atoms with Crippen molar-refractivity contribution in [1.29, 1.82) is 0 Å². The van der Waals surface area contributed by atoms with Gasteiger partial charge in [0.1, 0.15) is 5.82 Å². The zero-order chi connectivity index (χ0) is 13.5. The predicted molar refractivity (Wildman–Crippen MR) is 82.3 cm³/mol. The molecule has 1 aromatic heterocycles. The van der Waals surface area contributed by atoms with E-state index in [1.54, 1.807) is 6.20 Å². The minimum atomic E-state index is 0.212. The van der Waals surface area contributed by atoms with Gasteiger partial charge >= 0.3 is 0 Å². The summed E-state index contributed by atoms with van der Waals surface area (Å²) in [7, 11) is 0. The van der Waals surface area contributed by atoms with Crippen LogP contribution in [0.15, 0.2) is 12.3 Å². The Balaban J connectivity index is 2.82. The molecule has 0 aliphatic rings. The van der Waals surface area contributed by atoms with E-state index >= 15 is 0 Å². The van der Waals surface area contributed by atoms with Gasteiger partial charge in [-0.25, -0.2) is 4.98 Å². The molecule has 5 heteroatoms. The zero-order valence-corrected chi connectivity index (χ0v) is 12.8. The second-order valence-electron chi connectivity index (χ2n) is 4.52. The molecule has 3 N–H and O–H groups in total. The molecule has 0 aromatic carbocycles. The fourth-order valence-electron chi connectivity index (χ4n) is 1.61. The average Bonchev–Trinajstić information content (AvgIpc) is 2.32.